The van der Waals surface area contributed by atoms with Crippen molar-refractivity contribution in [1.82, 2.24) is 0 Å². The van der Waals surface area contributed by atoms with Crippen LogP contribution in [0.1, 0.15) is 62.3 Å². The minimum absolute atomic E-state index is 0.0186. The standard InChI is InChI=1S/C16H22O6.C11H16O4.C6H10O2/c1-10(2)13(17)20-8-16(7,22-15(19)12(5)6)9-21-14(18)11(3)4;1-7(2)10(12)14-6-9(5)15-11(13)8(3)4;1-4-8-6(7)5(2)3/h1,3,5,8-9H2,2,4,6-7H3;9H,1,3,6H2,2,4-5H3;2,4H2,1,3H3. The van der Waals surface area contributed by atoms with Gasteiger partial charge in [-0.25, -0.2) is 28.8 Å². The van der Waals surface area contributed by atoms with E-state index >= 15 is 0 Å². The van der Waals surface area contributed by atoms with Crippen LogP contribution >= 0.6 is 0 Å². The maximum absolute atomic E-state index is 11.7. The lowest BCUT2D eigenvalue weighted by Crippen LogP contribution is -2.43. The highest BCUT2D eigenvalue weighted by Gasteiger charge is 2.33. The molecule has 0 aliphatic rings. The quantitative estimate of drug-likeness (QED) is 0.137. The second-order valence-electron chi connectivity index (χ2n) is 10.2. The molecule has 0 aromatic rings. The van der Waals surface area contributed by atoms with E-state index in [-0.39, 0.29) is 42.5 Å². The maximum atomic E-state index is 11.7. The van der Waals surface area contributed by atoms with Gasteiger partial charge in [0.25, 0.3) is 0 Å². The summed E-state index contributed by atoms with van der Waals surface area (Å²) < 4.78 is 29.4. The molecule has 0 spiro atoms. The van der Waals surface area contributed by atoms with Crippen molar-refractivity contribution in [2.24, 2.45) is 0 Å². The Morgan fingerprint density at radius 1 is 0.533 bits per heavy atom. The average Bonchev–Trinajstić information content (AvgIpc) is 2.93. The molecule has 45 heavy (non-hydrogen) atoms. The Kier molecular flexibility index (Phi) is 22.6. The Morgan fingerprint density at radius 3 is 1.13 bits per heavy atom. The lowest BCUT2D eigenvalue weighted by atomic mass is 10.1. The van der Waals surface area contributed by atoms with E-state index in [1.807, 2.05) is 0 Å². The third-order valence-corrected chi connectivity index (χ3v) is 4.48. The smallest absolute Gasteiger partial charge is 0.333 e. The van der Waals surface area contributed by atoms with Gasteiger partial charge in [0.1, 0.15) is 25.9 Å². The van der Waals surface area contributed by atoms with Crippen molar-refractivity contribution in [2.45, 2.75) is 74.0 Å². The van der Waals surface area contributed by atoms with Crippen LogP contribution in [0.15, 0.2) is 72.9 Å². The molecule has 0 N–H and O–H groups in total. The van der Waals surface area contributed by atoms with Crippen molar-refractivity contribution >= 4 is 35.8 Å². The van der Waals surface area contributed by atoms with Crippen molar-refractivity contribution in [3.05, 3.63) is 72.9 Å². The van der Waals surface area contributed by atoms with Gasteiger partial charge in [0.05, 0.1) is 6.61 Å². The number of ether oxygens (including phenoxy) is 6. The van der Waals surface area contributed by atoms with E-state index in [1.165, 1.54) is 27.7 Å². The van der Waals surface area contributed by atoms with E-state index in [0.29, 0.717) is 23.3 Å². The molecular formula is C33H48O12. The zero-order chi connectivity index (χ0) is 36.1. The second kappa shape index (κ2) is 22.8. The molecule has 0 amide bonds. The van der Waals surface area contributed by atoms with Gasteiger partial charge in [-0.3, -0.25) is 0 Å². The fourth-order valence-electron chi connectivity index (χ4n) is 1.98. The first-order chi connectivity index (χ1) is 20.5. The second-order valence-corrected chi connectivity index (χ2v) is 10.2. The summed E-state index contributed by atoms with van der Waals surface area (Å²) in [6, 6.07) is 0. The maximum Gasteiger partial charge on any atom is 0.333 e. The van der Waals surface area contributed by atoms with Crippen LogP contribution in [0.2, 0.25) is 0 Å². The Balaban J connectivity index is -0.000000659. The summed E-state index contributed by atoms with van der Waals surface area (Å²) in [4.78, 5) is 67.0. The van der Waals surface area contributed by atoms with Gasteiger partial charge in [-0.15, -0.1) is 0 Å². The first kappa shape index (κ1) is 44.7. The molecule has 12 nitrogen and oxygen atoms in total. The zero-order valence-corrected chi connectivity index (χ0v) is 28.0. The Labute approximate surface area is 266 Å². The van der Waals surface area contributed by atoms with Crippen LogP contribution < -0.4 is 0 Å². The minimum Gasteiger partial charge on any atom is -0.463 e. The van der Waals surface area contributed by atoms with Crippen molar-refractivity contribution in [1.29, 1.82) is 0 Å². The molecule has 0 aliphatic heterocycles. The van der Waals surface area contributed by atoms with E-state index in [1.54, 1.807) is 34.6 Å². The highest BCUT2D eigenvalue weighted by Crippen LogP contribution is 2.16. The molecule has 0 aliphatic carbocycles. The largest absolute Gasteiger partial charge is 0.463 e. The van der Waals surface area contributed by atoms with Crippen LogP contribution in [0.3, 0.4) is 0 Å². The van der Waals surface area contributed by atoms with Gasteiger partial charge in [0, 0.05) is 33.4 Å². The zero-order valence-electron chi connectivity index (χ0n) is 28.0. The molecule has 1 atom stereocenters. The van der Waals surface area contributed by atoms with Gasteiger partial charge < -0.3 is 28.4 Å². The molecule has 12 heteroatoms. The molecule has 0 aromatic heterocycles. The Morgan fingerprint density at radius 2 is 0.844 bits per heavy atom. The molecule has 1 unspecified atom stereocenters. The van der Waals surface area contributed by atoms with E-state index < -0.39 is 41.6 Å². The highest BCUT2D eigenvalue weighted by atomic mass is 16.6. The van der Waals surface area contributed by atoms with Gasteiger partial charge in [0.15, 0.2) is 5.60 Å². The number of hydrogen-bond donors (Lipinski definition) is 0. The van der Waals surface area contributed by atoms with Crippen molar-refractivity contribution in [2.75, 3.05) is 26.4 Å². The molecule has 0 saturated carbocycles. The van der Waals surface area contributed by atoms with E-state index in [2.05, 4.69) is 44.2 Å². The third kappa shape index (κ3) is 23.4. The number of hydrogen-bond acceptors (Lipinski definition) is 12. The molecule has 0 radical (unpaired) electrons. The predicted molar refractivity (Wildman–Crippen MR) is 168 cm³/mol. The number of carbonyl (C=O) groups excluding carboxylic acids is 6. The SMILES string of the molecule is C=C(C)C(=O)OCC.C=C(C)C(=O)OCC(C)(COC(=O)C(=C)C)OC(=O)C(=C)C.C=C(C)C(=O)OCC(C)OC(=O)C(=C)C. The normalized spacial score (nSPS) is 10.3. The van der Waals surface area contributed by atoms with Crippen LogP contribution in [0.4, 0.5) is 0 Å². The summed E-state index contributed by atoms with van der Waals surface area (Å²) in [5.74, 6) is -3.25. The number of carbonyl (C=O) groups is 6. The first-order valence-electron chi connectivity index (χ1n) is 13.6. The van der Waals surface area contributed by atoms with Gasteiger partial charge >= 0.3 is 35.8 Å². The van der Waals surface area contributed by atoms with Crippen molar-refractivity contribution in [3.63, 3.8) is 0 Å². The van der Waals surface area contributed by atoms with Crippen molar-refractivity contribution < 1.29 is 57.2 Å². The Bertz CT molecular complexity index is 1140. The van der Waals surface area contributed by atoms with Gasteiger partial charge in [-0.1, -0.05) is 39.5 Å². The van der Waals surface area contributed by atoms with E-state index in [9.17, 15) is 28.8 Å². The monoisotopic (exact) mass is 636 g/mol. The molecule has 0 bridgehead atoms. The molecular weight excluding hydrogens is 588 g/mol. The lowest BCUT2D eigenvalue weighted by Gasteiger charge is -2.28. The summed E-state index contributed by atoms with van der Waals surface area (Å²) in [5, 5.41) is 0. The van der Waals surface area contributed by atoms with Gasteiger partial charge in [-0.05, 0) is 62.3 Å². The molecule has 0 heterocycles. The number of rotatable bonds is 15. The van der Waals surface area contributed by atoms with E-state index in [4.69, 9.17) is 23.7 Å². The first-order valence-corrected chi connectivity index (χ1v) is 13.6. The van der Waals surface area contributed by atoms with Gasteiger partial charge in [-0.2, -0.15) is 0 Å². The average molecular weight is 637 g/mol. The molecule has 0 rings (SSSR count). The fraction of sp³-hybridized carbons (Fsp3) is 0.455. The summed E-state index contributed by atoms with van der Waals surface area (Å²) in [7, 11) is 0. The summed E-state index contributed by atoms with van der Waals surface area (Å²) in [5.41, 5.74) is 0.309. The van der Waals surface area contributed by atoms with Crippen LogP contribution in [-0.4, -0.2) is 73.9 Å². The van der Waals surface area contributed by atoms with Crippen LogP contribution in [0.25, 0.3) is 0 Å². The molecule has 0 fully saturated rings. The third-order valence-electron chi connectivity index (χ3n) is 4.48. The predicted octanol–water partition coefficient (Wildman–Crippen LogP) is 4.84. The number of esters is 6. The van der Waals surface area contributed by atoms with Crippen LogP contribution in [0.5, 0.6) is 0 Å². The topological polar surface area (TPSA) is 158 Å². The molecule has 0 saturated heterocycles. The van der Waals surface area contributed by atoms with E-state index in [0.717, 1.165) is 0 Å². The molecule has 0 aromatic carbocycles. The van der Waals surface area contributed by atoms with Crippen molar-refractivity contribution in [3.8, 4) is 0 Å². The van der Waals surface area contributed by atoms with Crippen LogP contribution in [0, 0.1) is 0 Å². The fourth-order valence-corrected chi connectivity index (χ4v) is 1.98. The summed E-state index contributed by atoms with van der Waals surface area (Å²) in [6.07, 6.45) is -0.488. The Hall–Kier alpha value is -4.74. The summed E-state index contributed by atoms with van der Waals surface area (Å²) in [6.45, 7) is 34.5. The van der Waals surface area contributed by atoms with Crippen LogP contribution in [-0.2, 0) is 57.2 Å². The molecule has 252 valence electrons. The van der Waals surface area contributed by atoms with Gasteiger partial charge in [0.2, 0.25) is 0 Å². The highest BCUT2D eigenvalue weighted by molar-refractivity contribution is 5.89. The lowest BCUT2D eigenvalue weighted by molar-refractivity contribution is -0.176. The summed E-state index contributed by atoms with van der Waals surface area (Å²) >= 11 is 0. The minimum atomic E-state index is -1.34.